The molecule has 0 fully saturated rings. The Morgan fingerprint density at radius 2 is 2.33 bits per heavy atom. The van der Waals surface area contributed by atoms with E-state index in [1.165, 1.54) is 0 Å². The number of ether oxygens (including phenoxy) is 1. The van der Waals surface area contributed by atoms with Crippen LogP contribution in [0.4, 0.5) is 0 Å². The monoisotopic (exact) mass is 127 g/mol. The molecule has 0 aromatic heterocycles. The molecule has 0 aliphatic carbocycles. The third-order valence-corrected chi connectivity index (χ3v) is 0.890. The van der Waals surface area contributed by atoms with Crippen LogP contribution in [-0.4, -0.2) is 19.6 Å². The molecule has 1 rings (SSSR count). The first-order valence-electron chi connectivity index (χ1n) is 2.60. The molecule has 0 N–H and O–H groups in total. The van der Waals surface area contributed by atoms with Crippen LogP contribution in [0.3, 0.4) is 0 Å². The quantitative estimate of drug-likeness (QED) is 0.538. The summed E-state index contributed by atoms with van der Waals surface area (Å²) in [5.74, 6) is 0.636. The van der Waals surface area contributed by atoms with Gasteiger partial charge in [0.1, 0.15) is 0 Å². The largest absolute Gasteiger partial charge is 0.384 e. The number of methoxy groups -OCH3 is 1. The third-order valence-electron chi connectivity index (χ3n) is 0.890. The highest BCUT2D eigenvalue weighted by molar-refractivity contribution is 5.81. The maximum atomic E-state index is 4.78. The summed E-state index contributed by atoms with van der Waals surface area (Å²) in [6.45, 7) is 0.618. The van der Waals surface area contributed by atoms with Crippen molar-refractivity contribution in [3.8, 4) is 0 Å². The lowest BCUT2D eigenvalue weighted by atomic mass is 10.4. The molecule has 1 heterocycles. The molecule has 1 aliphatic rings. The standard InChI is InChI=1S/C4H7N4O/c1-9-3-2-4-5-7-8-6-4/h2-3H2,1H3. The van der Waals surface area contributed by atoms with E-state index < -0.39 is 0 Å². The van der Waals surface area contributed by atoms with E-state index in [9.17, 15) is 0 Å². The second-order valence-electron chi connectivity index (χ2n) is 1.54. The molecule has 0 aromatic carbocycles. The van der Waals surface area contributed by atoms with Crippen LogP contribution in [0.1, 0.15) is 6.42 Å². The lowest BCUT2D eigenvalue weighted by Gasteiger charge is -1.92. The summed E-state index contributed by atoms with van der Waals surface area (Å²) in [5.41, 5.74) is 3.60. The number of nitrogens with zero attached hydrogens (tertiary/aromatic N) is 4. The Labute approximate surface area is 52.8 Å². The Hall–Kier alpha value is -0.970. The van der Waals surface area contributed by atoms with Gasteiger partial charge in [-0.1, -0.05) is 0 Å². The van der Waals surface area contributed by atoms with E-state index in [-0.39, 0.29) is 0 Å². The normalized spacial score (nSPS) is 15.4. The second-order valence-corrected chi connectivity index (χ2v) is 1.54. The molecule has 0 spiro atoms. The number of amidine groups is 1. The van der Waals surface area contributed by atoms with Crippen LogP contribution in [0.5, 0.6) is 0 Å². The number of rotatable bonds is 3. The molecule has 5 nitrogen and oxygen atoms in total. The van der Waals surface area contributed by atoms with Crippen LogP contribution in [-0.2, 0) is 4.74 Å². The SMILES string of the molecule is COCCC1=NN=N[N]1. The highest BCUT2D eigenvalue weighted by Gasteiger charge is 2.03. The lowest BCUT2D eigenvalue weighted by molar-refractivity contribution is 0.207. The summed E-state index contributed by atoms with van der Waals surface area (Å²) in [7, 11) is 1.63. The summed E-state index contributed by atoms with van der Waals surface area (Å²) in [6, 6.07) is 0. The van der Waals surface area contributed by atoms with Crippen molar-refractivity contribution >= 4 is 5.84 Å². The topological polar surface area (TPSA) is 60.4 Å². The zero-order chi connectivity index (χ0) is 6.53. The molecule has 0 saturated carbocycles. The molecule has 0 amide bonds. The molecule has 9 heavy (non-hydrogen) atoms. The molecule has 0 atom stereocenters. The summed E-state index contributed by atoms with van der Waals surface area (Å²) in [6.07, 6.45) is 0.684. The summed E-state index contributed by atoms with van der Waals surface area (Å²) in [4.78, 5) is 0. The Bertz CT molecular complexity index is 142. The minimum absolute atomic E-state index is 0.618. The summed E-state index contributed by atoms with van der Waals surface area (Å²) < 4.78 is 4.78. The van der Waals surface area contributed by atoms with Gasteiger partial charge in [0, 0.05) is 13.5 Å². The van der Waals surface area contributed by atoms with Crippen molar-refractivity contribution in [2.24, 2.45) is 15.5 Å². The first-order valence-corrected chi connectivity index (χ1v) is 2.60. The minimum atomic E-state index is 0.618. The van der Waals surface area contributed by atoms with Gasteiger partial charge in [-0.3, -0.25) is 0 Å². The fourth-order valence-corrected chi connectivity index (χ4v) is 0.457. The molecule has 1 aliphatic heterocycles. The van der Waals surface area contributed by atoms with E-state index in [0.29, 0.717) is 18.9 Å². The first kappa shape index (κ1) is 6.15. The van der Waals surface area contributed by atoms with Crippen molar-refractivity contribution in [2.45, 2.75) is 6.42 Å². The Morgan fingerprint density at radius 3 is 2.89 bits per heavy atom. The molecule has 5 heteroatoms. The van der Waals surface area contributed by atoms with Crippen molar-refractivity contribution in [1.29, 1.82) is 0 Å². The van der Waals surface area contributed by atoms with Crippen LogP contribution in [0.2, 0.25) is 0 Å². The van der Waals surface area contributed by atoms with Gasteiger partial charge in [-0.25, -0.2) is 0 Å². The smallest absolute Gasteiger partial charge is 0.179 e. The Balaban J connectivity index is 2.14. The molecule has 0 bridgehead atoms. The molecule has 0 unspecified atom stereocenters. The zero-order valence-electron chi connectivity index (χ0n) is 5.11. The highest BCUT2D eigenvalue weighted by Crippen LogP contribution is 1.94. The van der Waals surface area contributed by atoms with Gasteiger partial charge in [0.25, 0.3) is 0 Å². The van der Waals surface area contributed by atoms with E-state index >= 15 is 0 Å². The van der Waals surface area contributed by atoms with Gasteiger partial charge in [0.05, 0.1) is 6.61 Å². The van der Waals surface area contributed by atoms with Crippen molar-refractivity contribution in [2.75, 3.05) is 13.7 Å². The van der Waals surface area contributed by atoms with Gasteiger partial charge in [0.15, 0.2) is 5.84 Å². The van der Waals surface area contributed by atoms with Gasteiger partial charge in [-0.05, 0) is 10.4 Å². The van der Waals surface area contributed by atoms with Crippen LogP contribution in [0.15, 0.2) is 15.5 Å². The molecular weight excluding hydrogens is 120 g/mol. The molecule has 0 aromatic rings. The molecular formula is C4H7N4O. The van der Waals surface area contributed by atoms with Crippen LogP contribution in [0, 0.1) is 0 Å². The predicted molar refractivity (Wildman–Crippen MR) is 30.9 cm³/mol. The highest BCUT2D eigenvalue weighted by atomic mass is 16.5. The summed E-state index contributed by atoms with van der Waals surface area (Å²) in [5, 5.41) is 10.2. The van der Waals surface area contributed by atoms with Crippen molar-refractivity contribution < 1.29 is 4.74 Å². The van der Waals surface area contributed by atoms with Crippen LogP contribution in [0.25, 0.3) is 0 Å². The maximum absolute atomic E-state index is 4.78. The van der Waals surface area contributed by atoms with Gasteiger partial charge < -0.3 is 4.74 Å². The number of hydrogen-bond acceptors (Lipinski definition) is 4. The predicted octanol–water partition coefficient (Wildman–Crippen LogP) is 0.322. The fraction of sp³-hybridized carbons (Fsp3) is 0.750. The molecule has 0 saturated heterocycles. The number of hydrogen-bond donors (Lipinski definition) is 0. The van der Waals surface area contributed by atoms with E-state index in [0.717, 1.165) is 0 Å². The first-order chi connectivity index (χ1) is 4.43. The van der Waals surface area contributed by atoms with Crippen molar-refractivity contribution in [1.82, 2.24) is 5.43 Å². The minimum Gasteiger partial charge on any atom is -0.384 e. The summed E-state index contributed by atoms with van der Waals surface area (Å²) >= 11 is 0. The van der Waals surface area contributed by atoms with Crippen LogP contribution >= 0.6 is 0 Å². The van der Waals surface area contributed by atoms with E-state index in [2.05, 4.69) is 21.0 Å². The lowest BCUT2D eigenvalue weighted by Crippen LogP contribution is -2.08. The Morgan fingerprint density at radius 1 is 1.44 bits per heavy atom. The van der Waals surface area contributed by atoms with E-state index in [4.69, 9.17) is 4.74 Å². The van der Waals surface area contributed by atoms with Gasteiger partial charge in [0.2, 0.25) is 0 Å². The van der Waals surface area contributed by atoms with E-state index in [1.807, 2.05) is 0 Å². The van der Waals surface area contributed by atoms with Gasteiger partial charge >= 0.3 is 0 Å². The second kappa shape index (κ2) is 3.13. The van der Waals surface area contributed by atoms with Gasteiger partial charge in [-0.15, -0.1) is 10.5 Å². The molecule has 49 valence electrons. The zero-order valence-corrected chi connectivity index (χ0v) is 5.11. The third kappa shape index (κ3) is 1.77. The Kier molecular flexibility index (Phi) is 2.14. The molecule has 1 radical (unpaired) electrons. The van der Waals surface area contributed by atoms with Crippen molar-refractivity contribution in [3.63, 3.8) is 0 Å². The average molecular weight is 127 g/mol. The fourth-order valence-electron chi connectivity index (χ4n) is 0.457. The van der Waals surface area contributed by atoms with Gasteiger partial charge in [-0.2, -0.15) is 0 Å². The van der Waals surface area contributed by atoms with Crippen molar-refractivity contribution in [3.05, 3.63) is 0 Å². The van der Waals surface area contributed by atoms with Crippen LogP contribution < -0.4 is 5.43 Å². The average Bonchev–Trinajstić information content (AvgIpc) is 2.34. The van der Waals surface area contributed by atoms with E-state index in [1.54, 1.807) is 7.11 Å². The maximum Gasteiger partial charge on any atom is 0.179 e.